The molecule has 1 unspecified atom stereocenters. The van der Waals surface area contributed by atoms with Gasteiger partial charge in [0.15, 0.2) is 0 Å². The molecule has 2 atom stereocenters. The van der Waals surface area contributed by atoms with Crippen LogP contribution in [0.1, 0.15) is 41.0 Å². The molecular weight excluding hydrogens is 134 g/mol. The van der Waals surface area contributed by atoms with E-state index in [0.29, 0.717) is 16.9 Å². The minimum absolute atomic E-state index is 0.410. The van der Waals surface area contributed by atoms with Crippen LogP contribution in [0, 0.1) is 16.7 Å². The number of nitrogens with two attached hydrogens (primary N) is 1. The third kappa shape index (κ3) is 1.76. The molecule has 66 valence electrons. The van der Waals surface area contributed by atoms with Crippen molar-refractivity contribution < 1.29 is 0 Å². The van der Waals surface area contributed by atoms with Gasteiger partial charge in [0.1, 0.15) is 0 Å². The van der Waals surface area contributed by atoms with Crippen LogP contribution in [0.25, 0.3) is 0 Å². The molecule has 1 heteroatoms. The zero-order valence-corrected chi connectivity index (χ0v) is 8.44. The molecule has 0 bridgehead atoms. The molecule has 0 aromatic carbocycles. The lowest BCUT2D eigenvalue weighted by molar-refractivity contribution is 0.327. The Bertz CT molecular complexity index is 153. The van der Waals surface area contributed by atoms with E-state index in [4.69, 9.17) is 5.73 Å². The summed E-state index contributed by atoms with van der Waals surface area (Å²) in [7, 11) is 0. The van der Waals surface area contributed by atoms with E-state index in [1.54, 1.807) is 0 Å². The summed E-state index contributed by atoms with van der Waals surface area (Å²) in [4.78, 5) is 0. The van der Waals surface area contributed by atoms with Crippen molar-refractivity contribution in [3.8, 4) is 0 Å². The summed E-state index contributed by atoms with van der Waals surface area (Å²) in [5.41, 5.74) is 6.80. The monoisotopic (exact) mass is 155 g/mol. The molecule has 1 aliphatic carbocycles. The predicted octanol–water partition coefficient (Wildman–Crippen LogP) is 2.41. The van der Waals surface area contributed by atoms with Crippen LogP contribution >= 0.6 is 0 Å². The quantitative estimate of drug-likeness (QED) is 0.618. The van der Waals surface area contributed by atoms with Crippen LogP contribution in [0.5, 0.6) is 0 Å². The Morgan fingerprint density at radius 2 is 1.64 bits per heavy atom. The molecule has 1 saturated carbocycles. The molecule has 1 aliphatic rings. The Kier molecular flexibility index (Phi) is 1.83. The summed E-state index contributed by atoms with van der Waals surface area (Å²) in [6.07, 6.45) is 1.27. The van der Waals surface area contributed by atoms with Gasteiger partial charge in [0.2, 0.25) is 0 Å². The second kappa shape index (κ2) is 2.22. The van der Waals surface area contributed by atoms with Crippen molar-refractivity contribution in [3.05, 3.63) is 0 Å². The summed E-state index contributed by atoms with van der Waals surface area (Å²) in [6.45, 7) is 11.4. The standard InChI is InChI=1S/C10H21N/c1-9(2,3)6-7-8(11)10(7,4)5/h7-8H,6,11H2,1-5H3/t7-,8?/m1/s1. The van der Waals surface area contributed by atoms with Crippen LogP contribution in [0.2, 0.25) is 0 Å². The highest BCUT2D eigenvalue weighted by atomic mass is 14.8. The van der Waals surface area contributed by atoms with Crippen LogP contribution in [-0.2, 0) is 0 Å². The molecule has 0 spiro atoms. The summed E-state index contributed by atoms with van der Waals surface area (Å²) in [5.74, 6) is 0.752. The highest BCUT2D eigenvalue weighted by Crippen LogP contribution is 2.55. The van der Waals surface area contributed by atoms with E-state index >= 15 is 0 Å². The van der Waals surface area contributed by atoms with E-state index in [1.807, 2.05) is 0 Å². The molecule has 2 N–H and O–H groups in total. The van der Waals surface area contributed by atoms with E-state index in [9.17, 15) is 0 Å². The molecule has 0 amide bonds. The molecule has 0 aromatic heterocycles. The highest BCUT2D eigenvalue weighted by Gasteiger charge is 2.55. The SMILES string of the molecule is CC(C)(C)C[C@@H]1C(N)C1(C)C. The molecule has 11 heavy (non-hydrogen) atoms. The van der Waals surface area contributed by atoms with E-state index < -0.39 is 0 Å². The first kappa shape index (κ1) is 9.05. The first-order valence-electron chi connectivity index (χ1n) is 4.51. The highest BCUT2D eigenvalue weighted by molar-refractivity contribution is 5.09. The van der Waals surface area contributed by atoms with Gasteiger partial charge < -0.3 is 5.73 Å². The second-order valence-corrected chi connectivity index (χ2v) is 5.72. The minimum atomic E-state index is 0.410. The molecule has 1 nitrogen and oxygen atoms in total. The van der Waals surface area contributed by atoms with Gasteiger partial charge in [0.05, 0.1) is 0 Å². The van der Waals surface area contributed by atoms with Crippen molar-refractivity contribution in [2.45, 2.75) is 47.1 Å². The molecule has 0 radical (unpaired) electrons. The third-order valence-corrected chi connectivity index (χ3v) is 2.97. The van der Waals surface area contributed by atoms with E-state index in [1.165, 1.54) is 6.42 Å². The lowest BCUT2D eigenvalue weighted by Gasteiger charge is -2.18. The van der Waals surface area contributed by atoms with Crippen LogP contribution in [0.4, 0.5) is 0 Å². The van der Waals surface area contributed by atoms with Gasteiger partial charge in [0.25, 0.3) is 0 Å². The minimum Gasteiger partial charge on any atom is -0.327 e. The molecular formula is C10H21N. The normalized spacial score (nSPS) is 35.5. The fourth-order valence-electron chi connectivity index (χ4n) is 1.84. The van der Waals surface area contributed by atoms with Gasteiger partial charge >= 0.3 is 0 Å². The molecule has 1 fully saturated rings. The average Bonchev–Trinajstić information content (AvgIpc) is 2.14. The smallest absolute Gasteiger partial charge is 0.0128 e. The van der Waals surface area contributed by atoms with Crippen LogP contribution < -0.4 is 5.73 Å². The van der Waals surface area contributed by atoms with Crippen LogP contribution in [0.15, 0.2) is 0 Å². The van der Waals surface area contributed by atoms with Gasteiger partial charge in [-0.25, -0.2) is 0 Å². The van der Waals surface area contributed by atoms with E-state index in [0.717, 1.165) is 5.92 Å². The molecule has 1 rings (SSSR count). The Morgan fingerprint density at radius 1 is 1.27 bits per heavy atom. The van der Waals surface area contributed by atoms with Gasteiger partial charge in [-0.1, -0.05) is 34.6 Å². The Morgan fingerprint density at radius 3 is 1.73 bits per heavy atom. The van der Waals surface area contributed by atoms with Crippen molar-refractivity contribution in [2.75, 3.05) is 0 Å². The largest absolute Gasteiger partial charge is 0.327 e. The fourth-order valence-corrected chi connectivity index (χ4v) is 1.84. The maximum atomic E-state index is 5.95. The first-order chi connectivity index (χ1) is 4.75. The van der Waals surface area contributed by atoms with Crippen molar-refractivity contribution in [3.63, 3.8) is 0 Å². The topological polar surface area (TPSA) is 26.0 Å². The fraction of sp³-hybridized carbons (Fsp3) is 1.00. The van der Waals surface area contributed by atoms with Gasteiger partial charge in [-0.05, 0) is 23.2 Å². The number of rotatable bonds is 1. The Hall–Kier alpha value is -0.0400. The van der Waals surface area contributed by atoms with Crippen molar-refractivity contribution >= 4 is 0 Å². The zero-order valence-electron chi connectivity index (χ0n) is 8.44. The lowest BCUT2D eigenvalue weighted by atomic mass is 9.87. The lowest BCUT2D eigenvalue weighted by Crippen LogP contribution is -2.10. The van der Waals surface area contributed by atoms with Crippen molar-refractivity contribution in [2.24, 2.45) is 22.5 Å². The number of hydrogen-bond donors (Lipinski definition) is 1. The van der Waals surface area contributed by atoms with E-state index in [2.05, 4.69) is 34.6 Å². The van der Waals surface area contributed by atoms with Gasteiger partial charge in [0, 0.05) is 6.04 Å². The van der Waals surface area contributed by atoms with Crippen LogP contribution in [0.3, 0.4) is 0 Å². The number of hydrogen-bond acceptors (Lipinski definition) is 1. The maximum absolute atomic E-state index is 5.95. The molecule has 0 heterocycles. The summed E-state index contributed by atoms with van der Waals surface area (Å²) in [6, 6.07) is 0.446. The first-order valence-corrected chi connectivity index (χ1v) is 4.51. The average molecular weight is 155 g/mol. The van der Waals surface area contributed by atoms with Crippen LogP contribution in [-0.4, -0.2) is 6.04 Å². The summed E-state index contributed by atoms with van der Waals surface area (Å²) >= 11 is 0. The third-order valence-electron chi connectivity index (χ3n) is 2.97. The Balaban J connectivity index is 2.44. The summed E-state index contributed by atoms with van der Waals surface area (Å²) < 4.78 is 0. The Labute approximate surface area is 70.4 Å². The van der Waals surface area contributed by atoms with Crippen molar-refractivity contribution in [1.82, 2.24) is 0 Å². The molecule has 0 aliphatic heterocycles. The van der Waals surface area contributed by atoms with Crippen molar-refractivity contribution in [1.29, 1.82) is 0 Å². The molecule has 0 aromatic rings. The molecule has 0 saturated heterocycles. The van der Waals surface area contributed by atoms with E-state index in [-0.39, 0.29) is 0 Å². The zero-order chi connectivity index (χ0) is 8.86. The summed E-state index contributed by atoms with van der Waals surface area (Å²) in [5, 5.41) is 0. The van der Waals surface area contributed by atoms with Gasteiger partial charge in [-0.3, -0.25) is 0 Å². The second-order valence-electron chi connectivity index (χ2n) is 5.72. The predicted molar refractivity (Wildman–Crippen MR) is 49.3 cm³/mol. The van der Waals surface area contributed by atoms with Gasteiger partial charge in [-0.2, -0.15) is 0 Å². The van der Waals surface area contributed by atoms with Gasteiger partial charge in [-0.15, -0.1) is 0 Å². The maximum Gasteiger partial charge on any atom is 0.0128 e.